The molecule has 2 rings (SSSR count). The largest absolute Gasteiger partial charge is 0.416 e. The van der Waals surface area contributed by atoms with Gasteiger partial charge in [-0.1, -0.05) is 31.5 Å². The highest BCUT2D eigenvalue weighted by Crippen LogP contribution is 2.32. The average molecular weight is 316 g/mol. The molecule has 0 radical (unpaired) electrons. The van der Waals surface area contributed by atoms with Gasteiger partial charge < -0.3 is 11.1 Å². The predicted molar refractivity (Wildman–Crippen MR) is 82.4 cm³/mol. The molecule has 21 heavy (non-hydrogen) atoms. The number of nitrogens with one attached hydrogen (secondary N) is 1. The average Bonchev–Trinajstić information content (AvgIpc) is 2.45. The zero-order valence-corrected chi connectivity index (χ0v) is 12.5. The number of nitrogens with two attached hydrogens (primary N) is 1. The third-order valence-corrected chi connectivity index (χ3v) is 4.14. The number of hydrogen-bond donors (Lipinski definition) is 2. The molecule has 1 aromatic rings. The lowest BCUT2D eigenvalue weighted by molar-refractivity contribution is -0.137. The van der Waals surface area contributed by atoms with Crippen LogP contribution in [0, 0.1) is 5.92 Å². The number of thiocarbonyl (C=S) groups is 1. The molecule has 0 atom stereocenters. The van der Waals surface area contributed by atoms with E-state index in [-0.39, 0.29) is 10.6 Å². The number of hydrogen-bond acceptors (Lipinski definition) is 2. The maximum absolute atomic E-state index is 12.7. The summed E-state index contributed by atoms with van der Waals surface area (Å²) in [6, 6.07) is 3.50. The maximum Gasteiger partial charge on any atom is 0.416 e. The summed E-state index contributed by atoms with van der Waals surface area (Å²) in [5.41, 5.74) is 5.68. The topological polar surface area (TPSA) is 38.0 Å². The Morgan fingerprint density at radius 3 is 2.48 bits per heavy atom. The fourth-order valence-electron chi connectivity index (χ4n) is 2.72. The summed E-state index contributed by atoms with van der Waals surface area (Å²) in [5, 5.41) is 3.21. The van der Waals surface area contributed by atoms with Gasteiger partial charge in [0, 0.05) is 17.8 Å². The van der Waals surface area contributed by atoms with E-state index < -0.39 is 11.7 Å². The van der Waals surface area contributed by atoms with Gasteiger partial charge in [-0.2, -0.15) is 13.2 Å². The standard InChI is InChI=1S/C15H19F3N2S/c16-15(17,18)11-6-7-13(12(8-11)14(19)21)20-9-10-4-2-1-3-5-10/h6-8,10,20H,1-5,9H2,(H2,19,21). The third-order valence-electron chi connectivity index (χ3n) is 3.92. The quantitative estimate of drug-likeness (QED) is 0.812. The van der Waals surface area contributed by atoms with Gasteiger partial charge >= 0.3 is 6.18 Å². The summed E-state index contributed by atoms with van der Waals surface area (Å²) in [4.78, 5) is -0.0211. The van der Waals surface area contributed by atoms with Crippen molar-refractivity contribution in [3.05, 3.63) is 29.3 Å². The van der Waals surface area contributed by atoms with Crippen LogP contribution in [0.1, 0.15) is 43.2 Å². The Bertz CT molecular complexity index is 508. The zero-order chi connectivity index (χ0) is 15.5. The Balaban J connectivity index is 2.12. The van der Waals surface area contributed by atoms with Crippen LogP contribution in [-0.2, 0) is 6.18 Å². The summed E-state index contributed by atoms with van der Waals surface area (Å²) < 4.78 is 38.2. The highest BCUT2D eigenvalue weighted by atomic mass is 32.1. The van der Waals surface area contributed by atoms with Crippen molar-refractivity contribution in [2.45, 2.75) is 38.3 Å². The van der Waals surface area contributed by atoms with Crippen molar-refractivity contribution in [2.75, 3.05) is 11.9 Å². The predicted octanol–water partition coefficient (Wildman–Crippen LogP) is 4.33. The zero-order valence-electron chi connectivity index (χ0n) is 11.7. The molecule has 1 aliphatic rings. The second-order valence-electron chi connectivity index (χ2n) is 5.51. The van der Waals surface area contributed by atoms with Crippen molar-refractivity contribution in [3.63, 3.8) is 0 Å². The second kappa shape index (κ2) is 6.64. The molecular formula is C15H19F3N2S. The van der Waals surface area contributed by atoms with E-state index >= 15 is 0 Å². The third kappa shape index (κ3) is 4.33. The van der Waals surface area contributed by atoms with Crippen LogP contribution < -0.4 is 11.1 Å². The SMILES string of the molecule is NC(=S)c1cc(C(F)(F)F)ccc1NCC1CCCCC1. The van der Waals surface area contributed by atoms with Crippen LogP contribution in [0.4, 0.5) is 18.9 Å². The number of anilines is 1. The van der Waals surface area contributed by atoms with E-state index in [1.165, 1.54) is 25.3 Å². The van der Waals surface area contributed by atoms with Crippen LogP contribution in [0.15, 0.2) is 18.2 Å². The van der Waals surface area contributed by atoms with Gasteiger partial charge in [-0.3, -0.25) is 0 Å². The maximum atomic E-state index is 12.7. The molecule has 0 aromatic heterocycles. The highest BCUT2D eigenvalue weighted by molar-refractivity contribution is 7.80. The van der Waals surface area contributed by atoms with E-state index in [9.17, 15) is 13.2 Å². The van der Waals surface area contributed by atoms with Crippen molar-refractivity contribution in [3.8, 4) is 0 Å². The minimum atomic E-state index is -4.39. The first-order chi connectivity index (χ1) is 9.88. The molecule has 1 aromatic carbocycles. The molecule has 0 spiro atoms. The summed E-state index contributed by atoms with van der Waals surface area (Å²) in [5.74, 6) is 0.570. The van der Waals surface area contributed by atoms with Gasteiger partial charge in [-0.25, -0.2) is 0 Å². The van der Waals surface area contributed by atoms with Gasteiger partial charge in [-0.15, -0.1) is 0 Å². The van der Waals surface area contributed by atoms with Crippen molar-refractivity contribution in [1.82, 2.24) is 0 Å². The first kappa shape index (κ1) is 16.1. The molecule has 1 aliphatic carbocycles. The van der Waals surface area contributed by atoms with Gasteiger partial charge in [-0.05, 0) is 37.0 Å². The van der Waals surface area contributed by atoms with Crippen molar-refractivity contribution in [2.24, 2.45) is 11.7 Å². The monoisotopic (exact) mass is 316 g/mol. The molecule has 1 saturated carbocycles. The van der Waals surface area contributed by atoms with Gasteiger partial charge in [0.1, 0.15) is 4.99 Å². The second-order valence-corrected chi connectivity index (χ2v) is 5.95. The summed E-state index contributed by atoms with van der Waals surface area (Å²) in [6.45, 7) is 0.751. The van der Waals surface area contributed by atoms with E-state index in [4.69, 9.17) is 18.0 Å². The van der Waals surface area contributed by atoms with E-state index in [0.29, 0.717) is 11.6 Å². The minimum absolute atomic E-state index is 0.0211. The Morgan fingerprint density at radius 2 is 1.90 bits per heavy atom. The van der Waals surface area contributed by atoms with Gasteiger partial charge in [0.25, 0.3) is 0 Å². The normalized spacial score (nSPS) is 16.7. The van der Waals surface area contributed by atoms with Crippen molar-refractivity contribution < 1.29 is 13.2 Å². The molecule has 2 nitrogen and oxygen atoms in total. The van der Waals surface area contributed by atoms with Crippen LogP contribution in [0.5, 0.6) is 0 Å². The molecule has 3 N–H and O–H groups in total. The molecule has 116 valence electrons. The highest BCUT2D eigenvalue weighted by Gasteiger charge is 2.31. The molecule has 0 saturated heterocycles. The van der Waals surface area contributed by atoms with Crippen molar-refractivity contribution >= 4 is 22.9 Å². The van der Waals surface area contributed by atoms with Crippen LogP contribution in [-0.4, -0.2) is 11.5 Å². The lowest BCUT2D eigenvalue weighted by atomic mass is 9.89. The number of alkyl halides is 3. The lowest BCUT2D eigenvalue weighted by Gasteiger charge is -2.23. The number of benzene rings is 1. The van der Waals surface area contributed by atoms with Crippen LogP contribution in [0.3, 0.4) is 0 Å². The van der Waals surface area contributed by atoms with Crippen LogP contribution >= 0.6 is 12.2 Å². The number of halogens is 3. The van der Waals surface area contributed by atoms with E-state index in [1.54, 1.807) is 0 Å². The molecule has 0 amide bonds. The van der Waals surface area contributed by atoms with Crippen LogP contribution in [0.2, 0.25) is 0 Å². The first-order valence-electron chi connectivity index (χ1n) is 7.13. The van der Waals surface area contributed by atoms with E-state index in [1.807, 2.05) is 0 Å². The Labute approximate surface area is 127 Å². The molecule has 0 heterocycles. The summed E-state index contributed by atoms with van der Waals surface area (Å²) >= 11 is 4.87. The van der Waals surface area contributed by atoms with Gasteiger partial charge in [0.05, 0.1) is 5.56 Å². The molecule has 0 bridgehead atoms. The fraction of sp³-hybridized carbons (Fsp3) is 0.533. The Kier molecular flexibility index (Phi) is 5.08. The van der Waals surface area contributed by atoms with Gasteiger partial charge in [0.2, 0.25) is 0 Å². The number of rotatable bonds is 4. The fourth-order valence-corrected chi connectivity index (χ4v) is 2.89. The smallest absolute Gasteiger partial charge is 0.389 e. The molecule has 0 unspecified atom stereocenters. The van der Waals surface area contributed by atoms with Crippen molar-refractivity contribution in [1.29, 1.82) is 0 Å². The minimum Gasteiger partial charge on any atom is -0.389 e. The lowest BCUT2D eigenvalue weighted by Crippen LogP contribution is -2.20. The Morgan fingerprint density at radius 1 is 1.24 bits per heavy atom. The summed E-state index contributed by atoms with van der Waals surface area (Å²) in [7, 11) is 0. The molecular weight excluding hydrogens is 297 g/mol. The molecule has 6 heteroatoms. The van der Waals surface area contributed by atoms with E-state index in [0.717, 1.165) is 31.5 Å². The first-order valence-corrected chi connectivity index (χ1v) is 7.53. The Hall–Kier alpha value is -1.30. The molecule has 0 aliphatic heterocycles. The van der Waals surface area contributed by atoms with E-state index in [2.05, 4.69) is 5.32 Å². The molecule has 1 fully saturated rings. The van der Waals surface area contributed by atoms with Gasteiger partial charge in [0.15, 0.2) is 0 Å². The summed E-state index contributed by atoms with van der Waals surface area (Å²) in [6.07, 6.45) is 1.66. The van der Waals surface area contributed by atoms with Crippen LogP contribution in [0.25, 0.3) is 0 Å².